The van der Waals surface area contributed by atoms with E-state index in [2.05, 4.69) is 10.6 Å². The van der Waals surface area contributed by atoms with E-state index < -0.39 is 24.4 Å². The minimum Gasteiger partial charge on any atom is -0.506 e. The van der Waals surface area contributed by atoms with Gasteiger partial charge in [-0.2, -0.15) is 0 Å². The quantitative estimate of drug-likeness (QED) is 0.527. The fourth-order valence-corrected chi connectivity index (χ4v) is 2.77. The first kappa shape index (κ1) is 19.2. The molecule has 8 nitrogen and oxygen atoms in total. The average molecular weight is 402 g/mol. The first-order valence-corrected chi connectivity index (χ1v) is 8.53. The van der Waals surface area contributed by atoms with Gasteiger partial charge in [0.05, 0.1) is 17.8 Å². The number of amides is 4. The van der Waals surface area contributed by atoms with E-state index in [-0.39, 0.29) is 16.5 Å². The largest absolute Gasteiger partial charge is 0.506 e. The van der Waals surface area contributed by atoms with Crippen LogP contribution < -0.4 is 15.4 Å². The zero-order valence-electron chi connectivity index (χ0n) is 14.7. The molecular weight excluding hydrogens is 386 g/mol. The Morgan fingerprint density at radius 1 is 1.29 bits per heavy atom. The highest BCUT2D eigenvalue weighted by molar-refractivity contribution is 6.32. The Bertz CT molecular complexity index is 989. The van der Waals surface area contributed by atoms with Crippen LogP contribution in [-0.4, -0.2) is 41.5 Å². The van der Waals surface area contributed by atoms with Crippen LogP contribution >= 0.6 is 11.6 Å². The van der Waals surface area contributed by atoms with E-state index in [0.29, 0.717) is 17.0 Å². The molecule has 0 atom stereocenters. The smallest absolute Gasteiger partial charge is 0.329 e. The number of ether oxygens (including phenoxy) is 1. The molecule has 0 unspecified atom stereocenters. The number of nitrogens with zero attached hydrogens (tertiary/aromatic N) is 1. The lowest BCUT2D eigenvalue weighted by atomic mass is 10.2. The fourth-order valence-electron chi connectivity index (χ4n) is 2.58. The fraction of sp³-hybridized carbons (Fsp3) is 0.105. The molecule has 2 aromatic rings. The van der Waals surface area contributed by atoms with Crippen LogP contribution in [0.1, 0.15) is 5.56 Å². The second-order valence-corrected chi connectivity index (χ2v) is 6.25. The molecule has 28 heavy (non-hydrogen) atoms. The van der Waals surface area contributed by atoms with Gasteiger partial charge in [-0.05, 0) is 35.9 Å². The number of hydrogen-bond donors (Lipinski definition) is 3. The molecule has 1 fully saturated rings. The maximum absolute atomic E-state index is 12.5. The van der Waals surface area contributed by atoms with Gasteiger partial charge in [0.2, 0.25) is 5.91 Å². The number of rotatable bonds is 5. The number of anilines is 1. The standard InChI is InChI=1S/C19H16ClN3O5/c1-28-16-5-3-2-4-13(16)21-17(25)10-23-18(26)14(22-19(23)27)9-11-6-7-15(24)12(20)8-11/h2-9,24H,10H2,1H3,(H,21,25)(H,22,27)/b14-9+. The van der Waals surface area contributed by atoms with Crippen molar-refractivity contribution in [1.29, 1.82) is 0 Å². The van der Waals surface area contributed by atoms with Crippen LogP contribution in [-0.2, 0) is 9.59 Å². The van der Waals surface area contributed by atoms with Gasteiger partial charge in [0.15, 0.2) is 0 Å². The molecule has 0 aromatic heterocycles. The van der Waals surface area contributed by atoms with Crippen LogP contribution in [0, 0.1) is 0 Å². The van der Waals surface area contributed by atoms with E-state index >= 15 is 0 Å². The minimum atomic E-state index is -0.712. The van der Waals surface area contributed by atoms with E-state index in [1.54, 1.807) is 24.3 Å². The summed E-state index contributed by atoms with van der Waals surface area (Å²) in [5.41, 5.74) is 0.931. The summed E-state index contributed by atoms with van der Waals surface area (Å²) in [5, 5.41) is 14.6. The molecule has 1 aliphatic heterocycles. The highest BCUT2D eigenvalue weighted by Crippen LogP contribution is 2.26. The van der Waals surface area contributed by atoms with E-state index in [1.165, 1.54) is 31.4 Å². The number of nitrogens with one attached hydrogen (secondary N) is 2. The van der Waals surface area contributed by atoms with Crippen molar-refractivity contribution >= 4 is 41.2 Å². The molecule has 0 radical (unpaired) electrons. The maximum Gasteiger partial charge on any atom is 0.329 e. The number of urea groups is 1. The van der Waals surface area contributed by atoms with Crippen LogP contribution in [0.2, 0.25) is 5.02 Å². The summed E-state index contributed by atoms with van der Waals surface area (Å²) < 4.78 is 5.15. The normalized spacial score (nSPS) is 14.9. The molecule has 2 aromatic carbocycles. The van der Waals surface area contributed by atoms with Crippen LogP contribution in [0.15, 0.2) is 48.2 Å². The lowest BCUT2D eigenvalue weighted by Gasteiger charge is -2.13. The van der Waals surface area contributed by atoms with E-state index in [9.17, 15) is 19.5 Å². The predicted molar refractivity (Wildman–Crippen MR) is 103 cm³/mol. The number of benzene rings is 2. The summed E-state index contributed by atoms with van der Waals surface area (Å²) in [5.74, 6) is -0.843. The van der Waals surface area contributed by atoms with Crippen molar-refractivity contribution in [3.05, 3.63) is 58.7 Å². The van der Waals surface area contributed by atoms with Crippen molar-refractivity contribution in [1.82, 2.24) is 10.2 Å². The van der Waals surface area contributed by atoms with E-state index in [0.717, 1.165) is 4.90 Å². The second kappa shape index (κ2) is 8.01. The van der Waals surface area contributed by atoms with Crippen molar-refractivity contribution in [3.8, 4) is 11.5 Å². The van der Waals surface area contributed by atoms with Crippen molar-refractivity contribution in [2.24, 2.45) is 0 Å². The topological polar surface area (TPSA) is 108 Å². The number of methoxy groups -OCH3 is 1. The maximum atomic E-state index is 12.5. The van der Waals surface area contributed by atoms with Crippen molar-refractivity contribution in [2.45, 2.75) is 0 Å². The minimum absolute atomic E-state index is 0.00292. The predicted octanol–water partition coefficient (Wildman–Crippen LogP) is 2.59. The van der Waals surface area contributed by atoms with Crippen molar-refractivity contribution in [2.75, 3.05) is 19.0 Å². The molecule has 0 aliphatic carbocycles. The molecule has 3 rings (SSSR count). The van der Waals surface area contributed by atoms with Gasteiger partial charge < -0.3 is 20.5 Å². The zero-order chi connectivity index (χ0) is 20.3. The third kappa shape index (κ3) is 4.07. The van der Waals surface area contributed by atoms with Gasteiger partial charge in [-0.3, -0.25) is 9.59 Å². The first-order chi connectivity index (χ1) is 13.4. The Kier molecular flexibility index (Phi) is 5.51. The van der Waals surface area contributed by atoms with E-state index in [1.807, 2.05) is 0 Å². The Morgan fingerprint density at radius 2 is 2.04 bits per heavy atom. The molecule has 0 spiro atoms. The first-order valence-electron chi connectivity index (χ1n) is 8.15. The zero-order valence-corrected chi connectivity index (χ0v) is 15.5. The van der Waals surface area contributed by atoms with Gasteiger partial charge in [-0.1, -0.05) is 29.8 Å². The Hall–Kier alpha value is -3.52. The monoisotopic (exact) mass is 401 g/mol. The van der Waals surface area contributed by atoms with Crippen molar-refractivity contribution < 1.29 is 24.2 Å². The summed E-state index contributed by atoms with van der Waals surface area (Å²) in [6.45, 7) is -0.462. The molecule has 0 saturated carbocycles. The molecular formula is C19H16ClN3O5. The van der Waals surface area contributed by atoms with Gasteiger partial charge in [0.1, 0.15) is 23.7 Å². The molecule has 4 amide bonds. The lowest BCUT2D eigenvalue weighted by molar-refractivity contribution is -0.127. The van der Waals surface area contributed by atoms with Gasteiger partial charge in [0.25, 0.3) is 5.91 Å². The summed E-state index contributed by atoms with van der Waals surface area (Å²) in [7, 11) is 1.47. The number of para-hydroxylation sites is 2. The Morgan fingerprint density at radius 3 is 2.75 bits per heavy atom. The van der Waals surface area contributed by atoms with Crippen LogP contribution in [0.25, 0.3) is 6.08 Å². The van der Waals surface area contributed by atoms with Gasteiger partial charge in [-0.25, -0.2) is 9.69 Å². The number of aromatic hydroxyl groups is 1. The highest BCUT2D eigenvalue weighted by atomic mass is 35.5. The molecule has 1 aliphatic rings. The SMILES string of the molecule is COc1ccccc1NC(=O)CN1C(=O)N/C(=C/c2ccc(O)c(Cl)c2)C1=O. The Balaban J connectivity index is 1.72. The summed E-state index contributed by atoms with van der Waals surface area (Å²) in [6.07, 6.45) is 1.41. The molecule has 3 N–H and O–H groups in total. The number of phenolic OH excluding ortho intramolecular Hbond substituents is 1. The van der Waals surface area contributed by atoms with Crippen molar-refractivity contribution in [3.63, 3.8) is 0 Å². The summed E-state index contributed by atoms with van der Waals surface area (Å²) in [6, 6.07) is 10.4. The highest BCUT2D eigenvalue weighted by Gasteiger charge is 2.35. The second-order valence-electron chi connectivity index (χ2n) is 5.84. The summed E-state index contributed by atoms with van der Waals surface area (Å²) >= 11 is 5.84. The number of carbonyl (C=O) groups is 3. The third-order valence-electron chi connectivity index (χ3n) is 3.93. The third-order valence-corrected chi connectivity index (χ3v) is 4.23. The van der Waals surface area contributed by atoms with Gasteiger partial charge in [-0.15, -0.1) is 0 Å². The molecule has 9 heteroatoms. The van der Waals surface area contributed by atoms with Crippen LogP contribution in [0.3, 0.4) is 0 Å². The number of imide groups is 1. The molecule has 1 saturated heterocycles. The van der Waals surface area contributed by atoms with Gasteiger partial charge in [0, 0.05) is 0 Å². The van der Waals surface area contributed by atoms with Crippen LogP contribution in [0.5, 0.6) is 11.5 Å². The number of hydrogen-bond acceptors (Lipinski definition) is 5. The summed E-state index contributed by atoms with van der Waals surface area (Å²) in [4.78, 5) is 37.6. The van der Waals surface area contributed by atoms with Crippen LogP contribution in [0.4, 0.5) is 10.5 Å². The average Bonchev–Trinajstić information content (AvgIpc) is 2.92. The number of halogens is 1. The number of phenols is 1. The lowest BCUT2D eigenvalue weighted by Crippen LogP contribution is -2.38. The van der Waals surface area contributed by atoms with E-state index in [4.69, 9.17) is 16.3 Å². The Labute approximate surface area is 165 Å². The molecule has 0 bridgehead atoms. The number of carbonyl (C=O) groups excluding carboxylic acids is 3. The molecule has 144 valence electrons. The molecule has 1 heterocycles. The van der Waals surface area contributed by atoms with Gasteiger partial charge >= 0.3 is 6.03 Å².